The Morgan fingerprint density at radius 2 is 2.16 bits per heavy atom. The van der Waals surface area contributed by atoms with Crippen molar-refractivity contribution in [3.63, 3.8) is 0 Å². The van der Waals surface area contributed by atoms with Crippen LogP contribution < -0.4 is 5.32 Å². The van der Waals surface area contributed by atoms with E-state index in [1.165, 1.54) is 15.9 Å². The van der Waals surface area contributed by atoms with E-state index in [1.54, 1.807) is 11.8 Å². The van der Waals surface area contributed by atoms with E-state index in [4.69, 9.17) is 5.26 Å². The van der Waals surface area contributed by atoms with E-state index in [2.05, 4.69) is 48.4 Å². The second-order valence-electron chi connectivity index (χ2n) is 4.86. The summed E-state index contributed by atoms with van der Waals surface area (Å²) in [5, 5.41) is 14.7. The largest absolute Gasteiger partial charge is 0.350 e. The summed E-state index contributed by atoms with van der Waals surface area (Å²) in [4.78, 5) is 3.39. The van der Waals surface area contributed by atoms with Crippen molar-refractivity contribution >= 4 is 22.7 Å². The summed E-state index contributed by atoms with van der Waals surface area (Å²) in [6.45, 7) is 4.13. The molecule has 4 heteroatoms. The van der Waals surface area contributed by atoms with Gasteiger partial charge in [-0.05, 0) is 32.4 Å². The van der Waals surface area contributed by atoms with Gasteiger partial charge in [0.2, 0.25) is 0 Å². The molecule has 0 fully saturated rings. The number of H-pyrrole nitrogens is 1. The molecule has 0 saturated heterocycles. The maximum Gasteiger partial charge on any atom is 0.0962 e. The third-order valence-electron chi connectivity index (χ3n) is 2.86. The molecule has 0 aliphatic carbocycles. The summed E-state index contributed by atoms with van der Waals surface area (Å²) < 4.78 is 0. The smallest absolute Gasteiger partial charge is 0.0962 e. The van der Waals surface area contributed by atoms with Gasteiger partial charge in [0, 0.05) is 22.7 Å². The summed E-state index contributed by atoms with van der Waals surface area (Å²) in [6.07, 6.45) is 0.856. The van der Waals surface area contributed by atoms with Crippen LogP contribution in [0.4, 0.5) is 0 Å². The number of fused-ring (bicyclic) bond motifs is 1. The summed E-state index contributed by atoms with van der Waals surface area (Å²) >= 11 is 1.77. The molecule has 0 aliphatic rings. The quantitative estimate of drug-likeness (QED) is 0.791. The Balaban J connectivity index is 1.87. The molecule has 100 valence electrons. The molecule has 19 heavy (non-hydrogen) atoms. The summed E-state index contributed by atoms with van der Waals surface area (Å²) in [6, 6.07) is 13.0. The Hall–Kier alpha value is -1.44. The fourth-order valence-electron chi connectivity index (χ4n) is 2.00. The lowest BCUT2D eigenvalue weighted by Crippen LogP contribution is -2.33. The molecule has 2 N–H and O–H groups in total. The Morgan fingerprint density at radius 3 is 2.84 bits per heavy atom. The third-order valence-corrected chi connectivity index (χ3v) is 3.83. The topological polar surface area (TPSA) is 51.6 Å². The highest BCUT2D eigenvalue weighted by Gasteiger charge is 2.09. The van der Waals surface area contributed by atoms with E-state index < -0.39 is 0 Å². The lowest BCUT2D eigenvalue weighted by molar-refractivity contribution is 0.522. The van der Waals surface area contributed by atoms with Crippen molar-refractivity contribution in [1.82, 2.24) is 10.3 Å². The highest BCUT2D eigenvalue weighted by Crippen LogP contribution is 2.23. The van der Waals surface area contributed by atoms with E-state index in [0.29, 0.717) is 6.04 Å². The van der Waals surface area contributed by atoms with Gasteiger partial charge in [-0.25, -0.2) is 0 Å². The van der Waals surface area contributed by atoms with E-state index in [9.17, 15) is 0 Å². The molecule has 2 rings (SSSR count). The first-order chi connectivity index (χ1) is 9.19. The predicted molar refractivity (Wildman–Crippen MR) is 81.3 cm³/mol. The molecule has 0 spiro atoms. The average Bonchev–Trinajstić information content (AvgIpc) is 2.79. The zero-order chi connectivity index (χ0) is 13.7. The van der Waals surface area contributed by atoms with Crippen LogP contribution in [-0.4, -0.2) is 22.8 Å². The number of hydrogen-bond donors (Lipinski definition) is 2. The molecule has 1 atom stereocenters. The van der Waals surface area contributed by atoms with Crippen LogP contribution in [0, 0.1) is 11.3 Å². The van der Waals surface area contributed by atoms with Gasteiger partial charge in [0.1, 0.15) is 0 Å². The van der Waals surface area contributed by atoms with E-state index in [1.807, 2.05) is 12.1 Å². The Morgan fingerprint density at radius 1 is 1.37 bits per heavy atom. The van der Waals surface area contributed by atoms with E-state index in [-0.39, 0.29) is 6.04 Å². The van der Waals surface area contributed by atoms with E-state index in [0.717, 1.165) is 12.2 Å². The van der Waals surface area contributed by atoms with Crippen molar-refractivity contribution in [3.05, 3.63) is 30.3 Å². The minimum Gasteiger partial charge on any atom is -0.350 e. The highest BCUT2D eigenvalue weighted by molar-refractivity contribution is 7.99. The molecule has 0 aliphatic heterocycles. The molecule has 1 aromatic carbocycles. The number of thioether (sulfide) groups is 1. The molecule has 1 aromatic heterocycles. The Bertz CT molecular complexity index is 535. The lowest BCUT2D eigenvalue weighted by atomic mass is 10.2. The van der Waals surface area contributed by atoms with Crippen molar-refractivity contribution in [2.45, 2.75) is 37.4 Å². The standard InChI is InChI=1S/C15H19N3S/c1-11(2)17-13(10-16)7-8-19-15-9-12-5-3-4-6-14(12)18-15/h3-6,9,11,13,17-18H,7-8H2,1-2H3. The van der Waals surface area contributed by atoms with Crippen molar-refractivity contribution in [2.24, 2.45) is 0 Å². The molecule has 3 nitrogen and oxygen atoms in total. The number of nitriles is 1. The fraction of sp³-hybridized carbons (Fsp3) is 0.400. The fourth-order valence-corrected chi connectivity index (χ4v) is 2.96. The Labute approximate surface area is 118 Å². The second-order valence-corrected chi connectivity index (χ2v) is 6.00. The molecule has 1 heterocycles. The zero-order valence-corrected chi connectivity index (χ0v) is 12.1. The second kappa shape index (κ2) is 6.65. The molecule has 0 amide bonds. The first kappa shape index (κ1) is 14.0. The molecule has 0 saturated carbocycles. The number of benzene rings is 1. The summed E-state index contributed by atoms with van der Waals surface area (Å²) in [5.74, 6) is 0.935. The van der Waals surface area contributed by atoms with Gasteiger partial charge in [-0.15, -0.1) is 11.8 Å². The molecule has 0 radical (unpaired) electrons. The van der Waals surface area contributed by atoms with Crippen LogP contribution in [0.1, 0.15) is 20.3 Å². The van der Waals surface area contributed by atoms with E-state index >= 15 is 0 Å². The summed E-state index contributed by atoms with van der Waals surface area (Å²) in [7, 11) is 0. The lowest BCUT2D eigenvalue weighted by Gasteiger charge is -2.13. The third kappa shape index (κ3) is 4.02. The number of aromatic amines is 1. The number of aromatic nitrogens is 1. The zero-order valence-electron chi connectivity index (χ0n) is 11.3. The van der Waals surface area contributed by atoms with Gasteiger partial charge in [-0.1, -0.05) is 18.2 Å². The van der Waals surface area contributed by atoms with Crippen LogP contribution in [0.3, 0.4) is 0 Å². The highest BCUT2D eigenvalue weighted by atomic mass is 32.2. The van der Waals surface area contributed by atoms with Crippen LogP contribution >= 0.6 is 11.8 Å². The van der Waals surface area contributed by atoms with Gasteiger partial charge < -0.3 is 4.98 Å². The Kier molecular flexibility index (Phi) is 4.89. The van der Waals surface area contributed by atoms with Crippen LogP contribution in [0.5, 0.6) is 0 Å². The van der Waals surface area contributed by atoms with Gasteiger partial charge in [-0.2, -0.15) is 5.26 Å². The van der Waals surface area contributed by atoms with Gasteiger partial charge in [0.25, 0.3) is 0 Å². The van der Waals surface area contributed by atoms with Gasteiger partial charge >= 0.3 is 0 Å². The van der Waals surface area contributed by atoms with Gasteiger partial charge in [0.15, 0.2) is 0 Å². The molecule has 0 bridgehead atoms. The molecular weight excluding hydrogens is 254 g/mol. The molecule has 2 aromatic rings. The maximum absolute atomic E-state index is 9.06. The number of para-hydroxylation sites is 1. The van der Waals surface area contributed by atoms with Crippen LogP contribution in [0.2, 0.25) is 0 Å². The molecule has 1 unspecified atom stereocenters. The van der Waals surface area contributed by atoms with Crippen LogP contribution in [0.25, 0.3) is 10.9 Å². The minimum atomic E-state index is -0.0584. The van der Waals surface area contributed by atoms with Crippen molar-refractivity contribution in [3.8, 4) is 6.07 Å². The van der Waals surface area contributed by atoms with Crippen LogP contribution in [-0.2, 0) is 0 Å². The van der Waals surface area contributed by atoms with Gasteiger partial charge in [-0.3, -0.25) is 5.32 Å². The first-order valence-electron chi connectivity index (χ1n) is 6.55. The predicted octanol–water partition coefficient (Wildman–Crippen LogP) is 3.54. The summed E-state index contributed by atoms with van der Waals surface area (Å²) in [5.41, 5.74) is 1.17. The maximum atomic E-state index is 9.06. The van der Waals surface area contributed by atoms with Crippen molar-refractivity contribution in [1.29, 1.82) is 5.26 Å². The number of nitrogens with one attached hydrogen (secondary N) is 2. The van der Waals surface area contributed by atoms with Crippen molar-refractivity contribution < 1.29 is 0 Å². The number of rotatable bonds is 6. The van der Waals surface area contributed by atoms with Crippen LogP contribution in [0.15, 0.2) is 35.4 Å². The van der Waals surface area contributed by atoms with Gasteiger partial charge in [0.05, 0.1) is 17.1 Å². The monoisotopic (exact) mass is 273 g/mol. The molecular formula is C15H19N3S. The average molecular weight is 273 g/mol. The number of nitrogens with zero attached hydrogens (tertiary/aromatic N) is 1. The minimum absolute atomic E-state index is 0.0584. The SMILES string of the molecule is CC(C)NC(C#N)CCSc1cc2ccccc2[nH]1. The first-order valence-corrected chi connectivity index (χ1v) is 7.54. The van der Waals surface area contributed by atoms with Crippen molar-refractivity contribution in [2.75, 3.05) is 5.75 Å². The normalized spacial score (nSPS) is 12.7. The number of hydrogen-bond acceptors (Lipinski definition) is 3.